The van der Waals surface area contributed by atoms with Crippen LogP contribution in [0.25, 0.3) is 0 Å². The Morgan fingerprint density at radius 1 is 1.17 bits per heavy atom. The van der Waals surface area contributed by atoms with Crippen LogP contribution in [-0.4, -0.2) is 20.3 Å². The van der Waals surface area contributed by atoms with Crippen molar-refractivity contribution in [2.75, 3.05) is 20.3 Å². The van der Waals surface area contributed by atoms with E-state index in [1.807, 2.05) is 0 Å². The number of benzene rings is 1. The SMILES string of the molecule is COCCCCCNC(C)c1ccc(C)cc1C. The summed E-state index contributed by atoms with van der Waals surface area (Å²) in [6.07, 6.45) is 3.62. The van der Waals surface area contributed by atoms with E-state index in [1.54, 1.807) is 7.11 Å². The summed E-state index contributed by atoms with van der Waals surface area (Å²) in [7, 11) is 1.76. The Hall–Kier alpha value is -0.860. The molecular weight excluding hydrogens is 222 g/mol. The molecule has 1 unspecified atom stereocenters. The molecule has 1 aromatic rings. The molecule has 0 radical (unpaired) electrons. The predicted octanol–water partition coefficient (Wildman–Crippen LogP) is 3.77. The van der Waals surface area contributed by atoms with Crippen LogP contribution in [0.5, 0.6) is 0 Å². The van der Waals surface area contributed by atoms with Gasteiger partial charge in [-0.1, -0.05) is 23.8 Å². The Morgan fingerprint density at radius 3 is 2.61 bits per heavy atom. The maximum atomic E-state index is 5.05. The van der Waals surface area contributed by atoms with E-state index in [2.05, 4.69) is 44.3 Å². The van der Waals surface area contributed by atoms with E-state index < -0.39 is 0 Å². The monoisotopic (exact) mass is 249 g/mol. The maximum absolute atomic E-state index is 5.05. The Balaban J connectivity index is 2.29. The fourth-order valence-corrected chi connectivity index (χ4v) is 2.29. The van der Waals surface area contributed by atoms with Crippen LogP contribution in [0.15, 0.2) is 18.2 Å². The van der Waals surface area contributed by atoms with Crippen molar-refractivity contribution in [1.82, 2.24) is 5.32 Å². The molecule has 0 heterocycles. The molecule has 0 bridgehead atoms. The van der Waals surface area contributed by atoms with Crippen molar-refractivity contribution in [3.8, 4) is 0 Å². The van der Waals surface area contributed by atoms with E-state index in [0.717, 1.165) is 19.6 Å². The molecule has 0 aliphatic rings. The minimum atomic E-state index is 0.438. The summed E-state index contributed by atoms with van der Waals surface area (Å²) in [6, 6.07) is 7.13. The summed E-state index contributed by atoms with van der Waals surface area (Å²) in [5, 5.41) is 3.60. The van der Waals surface area contributed by atoms with Crippen molar-refractivity contribution in [2.24, 2.45) is 0 Å². The zero-order valence-corrected chi connectivity index (χ0v) is 12.3. The first-order valence-corrected chi connectivity index (χ1v) is 6.94. The molecule has 0 saturated heterocycles. The van der Waals surface area contributed by atoms with E-state index in [0.29, 0.717) is 6.04 Å². The van der Waals surface area contributed by atoms with Gasteiger partial charge in [-0.25, -0.2) is 0 Å². The molecular formula is C16H27NO. The predicted molar refractivity (Wildman–Crippen MR) is 78.1 cm³/mol. The molecule has 0 aromatic heterocycles. The van der Waals surface area contributed by atoms with E-state index in [-0.39, 0.29) is 0 Å². The second kappa shape index (κ2) is 8.28. The third kappa shape index (κ3) is 5.19. The molecule has 0 spiro atoms. The van der Waals surface area contributed by atoms with Gasteiger partial charge in [0, 0.05) is 19.8 Å². The third-order valence-corrected chi connectivity index (χ3v) is 3.37. The maximum Gasteiger partial charge on any atom is 0.0462 e. The van der Waals surface area contributed by atoms with Crippen molar-refractivity contribution < 1.29 is 4.74 Å². The highest BCUT2D eigenvalue weighted by atomic mass is 16.5. The molecule has 1 rings (SSSR count). The molecule has 1 N–H and O–H groups in total. The summed E-state index contributed by atoms with van der Waals surface area (Å²) in [5.74, 6) is 0. The zero-order chi connectivity index (χ0) is 13.4. The van der Waals surface area contributed by atoms with Gasteiger partial charge in [-0.05, 0) is 57.7 Å². The van der Waals surface area contributed by atoms with Gasteiger partial charge in [-0.2, -0.15) is 0 Å². The third-order valence-electron chi connectivity index (χ3n) is 3.37. The fourth-order valence-electron chi connectivity index (χ4n) is 2.29. The van der Waals surface area contributed by atoms with E-state index >= 15 is 0 Å². The van der Waals surface area contributed by atoms with Crippen LogP contribution in [0.2, 0.25) is 0 Å². The summed E-state index contributed by atoms with van der Waals surface area (Å²) in [5.41, 5.74) is 4.13. The number of aryl methyl sites for hydroxylation is 2. The standard InChI is InChI=1S/C16H27NO/c1-13-8-9-16(14(2)12-13)15(3)17-10-6-5-7-11-18-4/h8-9,12,15,17H,5-7,10-11H2,1-4H3. The van der Waals surface area contributed by atoms with Crippen molar-refractivity contribution in [3.63, 3.8) is 0 Å². The van der Waals surface area contributed by atoms with Crippen molar-refractivity contribution >= 4 is 0 Å². The second-order valence-corrected chi connectivity index (χ2v) is 5.09. The number of rotatable bonds is 8. The average molecular weight is 249 g/mol. The molecule has 0 aliphatic heterocycles. The lowest BCUT2D eigenvalue weighted by molar-refractivity contribution is 0.192. The first-order valence-electron chi connectivity index (χ1n) is 6.94. The Bertz CT molecular complexity index is 349. The van der Waals surface area contributed by atoms with Gasteiger partial charge in [0.1, 0.15) is 0 Å². The van der Waals surface area contributed by atoms with Gasteiger partial charge in [-0.15, -0.1) is 0 Å². The largest absolute Gasteiger partial charge is 0.385 e. The fraction of sp³-hybridized carbons (Fsp3) is 0.625. The molecule has 0 fully saturated rings. The average Bonchev–Trinajstić information content (AvgIpc) is 2.33. The highest BCUT2D eigenvalue weighted by Crippen LogP contribution is 2.18. The molecule has 0 amide bonds. The molecule has 1 atom stereocenters. The van der Waals surface area contributed by atoms with Crippen LogP contribution < -0.4 is 5.32 Å². The first kappa shape index (κ1) is 15.2. The minimum absolute atomic E-state index is 0.438. The lowest BCUT2D eigenvalue weighted by atomic mass is 10.0. The van der Waals surface area contributed by atoms with Crippen LogP contribution in [0.4, 0.5) is 0 Å². The summed E-state index contributed by atoms with van der Waals surface area (Å²) in [4.78, 5) is 0. The van der Waals surface area contributed by atoms with Crippen molar-refractivity contribution in [1.29, 1.82) is 0 Å². The quantitative estimate of drug-likeness (QED) is 0.708. The molecule has 1 aromatic carbocycles. The first-order chi connectivity index (χ1) is 8.65. The topological polar surface area (TPSA) is 21.3 Å². The van der Waals surface area contributed by atoms with Gasteiger partial charge >= 0.3 is 0 Å². The number of unbranched alkanes of at least 4 members (excludes halogenated alkanes) is 2. The highest BCUT2D eigenvalue weighted by Gasteiger charge is 2.07. The number of hydrogen-bond acceptors (Lipinski definition) is 2. The van der Waals surface area contributed by atoms with Crippen LogP contribution in [-0.2, 0) is 4.74 Å². The Kier molecular flexibility index (Phi) is 6.99. The number of hydrogen-bond donors (Lipinski definition) is 1. The molecule has 18 heavy (non-hydrogen) atoms. The summed E-state index contributed by atoms with van der Waals surface area (Å²) in [6.45, 7) is 8.54. The number of nitrogens with one attached hydrogen (secondary N) is 1. The Morgan fingerprint density at radius 2 is 1.94 bits per heavy atom. The van der Waals surface area contributed by atoms with E-state index in [1.165, 1.54) is 29.5 Å². The van der Waals surface area contributed by atoms with Crippen LogP contribution in [0.1, 0.15) is 48.9 Å². The summed E-state index contributed by atoms with van der Waals surface area (Å²) < 4.78 is 5.05. The lowest BCUT2D eigenvalue weighted by Gasteiger charge is -2.17. The molecule has 2 heteroatoms. The number of methoxy groups -OCH3 is 1. The van der Waals surface area contributed by atoms with Gasteiger partial charge in [0.25, 0.3) is 0 Å². The second-order valence-electron chi connectivity index (χ2n) is 5.09. The molecule has 0 aliphatic carbocycles. The summed E-state index contributed by atoms with van der Waals surface area (Å²) >= 11 is 0. The zero-order valence-electron chi connectivity index (χ0n) is 12.3. The van der Waals surface area contributed by atoms with Gasteiger partial charge < -0.3 is 10.1 Å². The number of ether oxygens (including phenoxy) is 1. The van der Waals surface area contributed by atoms with Crippen LogP contribution >= 0.6 is 0 Å². The minimum Gasteiger partial charge on any atom is -0.385 e. The molecule has 2 nitrogen and oxygen atoms in total. The van der Waals surface area contributed by atoms with Crippen molar-refractivity contribution in [2.45, 2.75) is 46.1 Å². The van der Waals surface area contributed by atoms with E-state index in [4.69, 9.17) is 4.74 Å². The normalized spacial score (nSPS) is 12.7. The van der Waals surface area contributed by atoms with Crippen molar-refractivity contribution in [3.05, 3.63) is 34.9 Å². The van der Waals surface area contributed by atoms with Gasteiger partial charge in [0.15, 0.2) is 0 Å². The smallest absolute Gasteiger partial charge is 0.0462 e. The van der Waals surface area contributed by atoms with Crippen LogP contribution in [0, 0.1) is 13.8 Å². The van der Waals surface area contributed by atoms with Crippen LogP contribution in [0.3, 0.4) is 0 Å². The van der Waals surface area contributed by atoms with Gasteiger partial charge in [-0.3, -0.25) is 0 Å². The molecule has 102 valence electrons. The molecule has 0 saturated carbocycles. The van der Waals surface area contributed by atoms with E-state index in [9.17, 15) is 0 Å². The Labute approximate surface area is 112 Å². The lowest BCUT2D eigenvalue weighted by Crippen LogP contribution is -2.20. The van der Waals surface area contributed by atoms with Gasteiger partial charge in [0.2, 0.25) is 0 Å². The van der Waals surface area contributed by atoms with Gasteiger partial charge in [0.05, 0.1) is 0 Å². The highest BCUT2D eigenvalue weighted by molar-refractivity contribution is 5.32.